The molecule has 1 N–H and O–H groups in total. The van der Waals surface area contributed by atoms with Crippen LogP contribution in [0.15, 0.2) is 30.3 Å². The van der Waals surface area contributed by atoms with Gasteiger partial charge in [0, 0.05) is 24.3 Å². The van der Waals surface area contributed by atoms with E-state index in [1.54, 1.807) is 0 Å². The predicted molar refractivity (Wildman–Crippen MR) is 80.8 cm³/mol. The number of nitrogens with zero attached hydrogens (tertiary/aromatic N) is 2. The maximum Gasteiger partial charge on any atom is 0.226 e. The summed E-state index contributed by atoms with van der Waals surface area (Å²) in [6, 6.07) is 9.93. The molecule has 0 saturated heterocycles. The number of carbonyl (C=O) groups excluding carboxylic acids is 1. The lowest BCUT2D eigenvalue weighted by atomic mass is 10.1. The van der Waals surface area contributed by atoms with Gasteiger partial charge in [-0.1, -0.05) is 25.1 Å². The Morgan fingerprint density at radius 2 is 2.05 bits per heavy atom. The maximum atomic E-state index is 12.0. The van der Waals surface area contributed by atoms with Gasteiger partial charge in [0.15, 0.2) is 0 Å². The first-order valence-corrected chi connectivity index (χ1v) is 6.99. The van der Waals surface area contributed by atoms with E-state index in [0.29, 0.717) is 13.0 Å². The van der Waals surface area contributed by atoms with Crippen molar-refractivity contribution in [2.24, 2.45) is 0 Å². The van der Waals surface area contributed by atoms with E-state index < -0.39 is 0 Å². The van der Waals surface area contributed by atoms with Crippen molar-refractivity contribution in [3.8, 4) is 0 Å². The second-order valence-corrected chi connectivity index (χ2v) is 4.96. The summed E-state index contributed by atoms with van der Waals surface area (Å²) in [6.45, 7) is 6.66. The Labute approximate surface area is 119 Å². The lowest BCUT2D eigenvalue weighted by molar-refractivity contribution is -0.116. The van der Waals surface area contributed by atoms with Crippen molar-refractivity contribution in [1.29, 1.82) is 0 Å². The van der Waals surface area contributed by atoms with Crippen LogP contribution in [0.1, 0.15) is 30.3 Å². The number of nitrogens with one attached hydrogen (secondary N) is 1. The van der Waals surface area contributed by atoms with Gasteiger partial charge in [0.2, 0.25) is 5.91 Å². The Kier molecular flexibility index (Phi) is 4.56. The molecule has 0 saturated carbocycles. The third-order valence-corrected chi connectivity index (χ3v) is 3.33. The standard InChI is InChI=1S/C16H21N3O/c1-4-14-7-5-6-8-15(14)17-16(20)9-10-19-13(3)11-12(2)18-19/h5-8,11H,4,9-10H2,1-3H3,(H,17,20). The Morgan fingerprint density at radius 3 is 2.70 bits per heavy atom. The van der Waals surface area contributed by atoms with Crippen LogP contribution >= 0.6 is 0 Å². The molecule has 0 radical (unpaired) electrons. The Morgan fingerprint density at radius 1 is 1.30 bits per heavy atom. The molecule has 1 amide bonds. The van der Waals surface area contributed by atoms with Crippen LogP contribution in [0.3, 0.4) is 0 Å². The lowest BCUT2D eigenvalue weighted by Gasteiger charge is -2.10. The number of benzene rings is 1. The number of hydrogen-bond acceptors (Lipinski definition) is 2. The number of carbonyl (C=O) groups is 1. The van der Waals surface area contributed by atoms with Crippen molar-refractivity contribution >= 4 is 11.6 Å². The summed E-state index contributed by atoms with van der Waals surface area (Å²) in [4.78, 5) is 12.0. The van der Waals surface area contributed by atoms with Crippen LogP contribution in [-0.4, -0.2) is 15.7 Å². The van der Waals surface area contributed by atoms with Crippen LogP contribution in [-0.2, 0) is 17.8 Å². The third kappa shape index (κ3) is 3.47. The minimum atomic E-state index is 0.0263. The summed E-state index contributed by atoms with van der Waals surface area (Å²) in [5, 5.41) is 7.34. The zero-order valence-corrected chi connectivity index (χ0v) is 12.3. The van der Waals surface area contributed by atoms with Crippen LogP contribution < -0.4 is 5.32 Å². The molecule has 0 unspecified atom stereocenters. The zero-order valence-electron chi connectivity index (χ0n) is 12.3. The molecule has 0 fully saturated rings. The topological polar surface area (TPSA) is 46.9 Å². The van der Waals surface area contributed by atoms with Gasteiger partial charge in [0.25, 0.3) is 0 Å². The SMILES string of the molecule is CCc1ccccc1NC(=O)CCn1nc(C)cc1C. The first-order chi connectivity index (χ1) is 9.60. The van der Waals surface area contributed by atoms with Crippen LogP contribution in [0.2, 0.25) is 0 Å². The highest BCUT2D eigenvalue weighted by molar-refractivity contribution is 5.91. The molecule has 0 spiro atoms. The van der Waals surface area contributed by atoms with E-state index in [1.807, 2.05) is 48.9 Å². The number of aromatic nitrogens is 2. The molecular formula is C16H21N3O. The van der Waals surface area contributed by atoms with Gasteiger partial charge in [-0.2, -0.15) is 5.10 Å². The molecule has 0 bridgehead atoms. The average molecular weight is 271 g/mol. The maximum absolute atomic E-state index is 12.0. The molecular weight excluding hydrogens is 250 g/mol. The molecule has 0 aliphatic heterocycles. The highest BCUT2D eigenvalue weighted by Gasteiger charge is 2.07. The molecule has 2 rings (SSSR count). The largest absolute Gasteiger partial charge is 0.326 e. The van der Waals surface area contributed by atoms with E-state index >= 15 is 0 Å². The van der Waals surface area contributed by atoms with Crippen molar-refractivity contribution < 1.29 is 4.79 Å². The van der Waals surface area contributed by atoms with Gasteiger partial charge in [-0.3, -0.25) is 9.48 Å². The predicted octanol–water partition coefficient (Wildman–Crippen LogP) is 3.09. The summed E-state index contributed by atoms with van der Waals surface area (Å²) < 4.78 is 1.88. The van der Waals surface area contributed by atoms with E-state index in [2.05, 4.69) is 17.3 Å². The minimum Gasteiger partial charge on any atom is -0.326 e. The molecule has 4 nitrogen and oxygen atoms in total. The lowest BCUT2D eigenvalue weighted by Crippen LogP contribution is -2.16. The highest BCUT2D eigenvalue weighted by atomic mass is 16.1. The summed E-state index contributed by atoms with van der Waals surface area (Å²) in [6.07, 6.45) is 1.34. The number of amides is 1. The van der Waals surface area contributed by atoms with Gasteiger partial charge in [0.05, 0.1) is 5.69 Å². The second kappa shape index (κ2) is 6.37. The van der Waals surface area contributed by atoms with Crippen molar-refractivity contribution in [2.75, 3.05) is 5.32 Å². The van der Waals surface area contributed by atoms with Gasteiger partial charge in [-0.05, 0) is 38.0 Å². The third-order valence-electron chi connectivity index (χ3n) is 3.33. The molecule has 2 aromatic rings. The summed E-state index contributed by atoms with van der Waals surface area (Å²) in [7, 11) is 0. The normalized spacial score (nSPS) is 10.6. The van der Waals surface area contributed by atoms with E-state index in [-0.39, 0.29) is 5.91 Å². The molecule has 0 aliphatic carbocycles. The van der Waals surface area contributed by atoms with E-state index in [1.165, 1.54) is 0 Å². The van der Waals surface area contributed by atoms with Crippen LogP contribution in [0.5, 0.6) is 0 Å². The zero-order chi connectivity index (χ0) is 14.5. The van der Waals surface area contributed by atoms with Crippen LogP contribution in [0.25, 0.3) is 0 Å². The number of hydrogen-bond donors (Lipinski definition) is 1. The average Bonchev–Trinajstić information content (AvgIpc) is 2.75. The highest BCUT2D eigenvalue weighted by Crippen LogP contribution is 2.15. The van der Waals surface area contributed by atoms with E-state index in [9.17, 15) is 4.79 Å². The van der Waals surface area contributed by atoms with Crippen molar-refractivity contribution in [3.05, 3.63) is 47.3 Å². The van der Waals surface area contributed by atoms with Gasteiger partial charge >= 0.3 is 0 Å². The first kappa shape index (κ1) is 14.3. The second-order valence-electron chi connectivity index (χ2n) is 4.96. The van der Waals surface area contributed by atoms with Crippen molar-refractivity contribution in [1.82, 2.24) is 9.78 Å². The number of anilines is 1. The summed E-state index contributed by atoms with van der Waals surface area (Å²) >= 11 is 0. The van der Waals surface area contributed by atoms with Gasteiger partial charge in [0.1, 0.15) is 0 Å². The quantitative estimate of drug-likeness (QED) is 0.908. The molecule has 4 heteroatoms. The summed E-state index contributed by atoms with van der Waals surface area (Å²) in [5.41, 5.74) is 4.14. The molecule has 0 aliphatic rings. The fraction of sp³-hybridized carbons (Fsp3) is 0.375. The molecule has 20 heavy (non-hydrogen) atoms. The molecule has 1 aromatic heterocycles. The van der Waals surface area contributed by atoms with Gasteiger partial charge < -0.3 is 5.32 Å². The Balaban J connectivity index is 1.94. The Hall–Kier alpha value is -2.10. The monoisotopic (exact) mass is 271 g/mol. The van der Waals surface area contributed by atoms with Gasteiger partial charge in [-0.15, -0.1) is 0 Å². The van der Waals surface area contributed by atoms with Crippen LogP contribution in [0, 0.1) is 13.8 Å². The van der Waals surface area contributed by atoms with Gasteiger partial charge in [-0.25, -0.2) is 0 Å². The smallest absolute Gasteiger partial charge is 0.226 e. The van der Waals surface area contributed by atoms with Crippen LogP contribution in [0.4, 0.5) is 5.69 Å². The van der Waals surface area contributed by atoms with E-state index in [0.717, 1.165) is 29.1 Å². The van der Waals surface area contributed by atoms with Crippen molar-refractivity contribution in [3.63, 3.8) is 0 Å². The Bertz CT molecular complexity index is 602. The fourth-order valence-electron chi connectivity index (χ4n) is 2.27. The number of aryl methyl sites for hydroxylation is 4. The van der Waals surface area contributed by atoms with Crippen molar-refractivity contribution in [2.45, 2.75) is 40.2 Å². The molecule has 1 aromatic carbocycles. The molecule has 0 atom stereocenters. The number of para-hydroxylation sites is 1. The fourth-order valence-corrected chi connectivity index (χ4v) is 2.27. The molecule has 1 heterocycles. The first-order valence-electron chi connectivity index (χ1n) is 6.99. The number of rotatable bonds is 5. The summed E-state index contributed by atoms with van der Waals surface area (Å²) in [5.74, 6) is 0.0263. The molecule has 106 valence electrons. The van der Waals surface area contributed by atoms with E-state index in [4.69, 9.17) is 0 Å². The minimum absolute atomic E-state index is 0.0263.